The number of rotatable bonds is 4. The van der Waals surface area contributed by atoms with Crippen LogP contribution in [-0.2, 0) is 11.2 Å². The Hall–Kier alpha value is -2.06. The third-order valence-electron chi connectivity index (χ3n) is 4.39. The molecule has 1 fully saturated rings. The molecule has 2 aromatic rings. The number of ether oxygens (including phenoxy) is 1. The Bertz CT molecular complexity index is 665. The standard InChI is InChI=1S/C22H27NO/c1-17(14-23-15-18(2)24-19(3)16-23)13-20-9-11-22(12-10-20)21-7-5-4-6-8-21/h4-12,14,18-19H,13,15-16H2,1-3H3. The molecule has 2 atom stereocenters. The minimum absolute atomic E-state index is 0.308. The Morgan fingerprint density at radius 1 is 0.958 bits per heavy atom. The van der Waals surface area contributed by atoms with Crippen LogP contribution in [0.3, 0.4) is 0 Å². The second-order valence-corrected chi connectivity index (χ2v) is 6.93. The van der Waals surface area contributed by atoms with E-state index in [2.05, 4.69) is 86.5 Å². The molecule has 2 unspecified atom stereocenters. The van der Waals surface area contributed by atoms with Gasteiger partial charge >= 0.3 is 0 Å². The van der Waals surface area contributed by atoms with Gasteiger partial charge in [0.2, 0.25) is 0 Å². The Balaban J connectivity index is 1.64. The summed E-state index contributed by atoms with van der Waals surface area (Å²) in [6.45, 7) is 8.47. The van der Waals surface area contributed by atoms with Gasteiger partial charge in [0.25, 0.3) is 0 Å². The summed E-state index contributed by atoms with van der Waals surface area (Å²) >= 11 is 0. The molecule has 24 heavy (non-hydrogen) atoms. The molecule has 0 spiro atoms. The highest BCUT2D eigenvalue weighted by Gasteiger charge is 2.19. The quantitative estimate of drug-likeness (QED) is 0.793. The van der Waals surface area contributed by atoms with Crippen LogP contribution in [0.1, 0.15) is 26.3 Å². The molecule has 2 heteroatoms. The van der Waals surface area contributed by atoms with E-state index in [0.29, 0.717) is 12.2 Å². The lowest BCUT2D eigenvalue weighted by Crippen LogP contribution is -2.42. The van der Waals surface area contributed by atoms with Gasteiger partial charge in [-0.25, -0.2) is 0 Å². The zero-order valence-corrected chi connectivity index (χ0v) is 14.9. The molecule has 0 N–H and O–H groups in total. The van der Waals surface area contributed by atoms with Crippen molar-refractivity contribution in [3.63, 3.8) is 0 Å². The van der Waals surface area contributed by atoms with Gasteiger partial charge in [-0.2, -0.15) is 0 Å². The van der Waals surface area contributed by atoms with Gasteiger partial charge in [0.05, 0.1) is 12.2 Å². The van der Waals surface area contributed by atoms with Gasteiger partial charge in [-0.1, -0.05) is 60.2 Å². The van der Waals surface area contributed by atoms with E-state index in [1.54, 1.807) is 0 Å². The fourth-order valence-electron chi connectivity index (χ4n) is 3.45. The van der Waals surface area contributed by atoms with Crippen molar-refractivity contribution in [2.24, 2.45) is 0 Å². The summed E-state index contributed by atoms with van der Waals surface area (Å²) in [5.74, 6) is 0. The lowest BCUT2D eigenvalue weighted by atomic mass is 10.0. The van der Waals surface area contributed by atoms with Crippen molar-refractivity contribution in [3.05, 3.63) is 71.9 Å². The number of hydrogen-bond donors (Lipinski definition) is 0. The maximum atomic E-state index is 5.80. The molecule has 0 saturated carbocycles. The molecular formula is C22H27NO. The molecule has 1 heterocycles. The third kappa shape index (κ3) is 4.48. The van der Waals surface area contributed by atoms with Gasteiger partial charge in [0.1, 0.15) is 0 Å². The van der Waals surface area contributed by atoms with Crippen molar-refractivity contribution >= 4 is 0 Å². The molecule has 2 nitrogen and oxygen atoms in total. The average Bonchev–Trinajstić information content (AvgIpc) is 2.55. The number of hydrogen-bond acceptors (Lipinski definition) is 2. The van der Waals surface area contributed by atoms with Crippen LogP contribution in [0.15, 0.2) is 66.4 Å². The fraction of sp³-hybridized carbons (Fsp3) is 0.364. The number of morpholine rings is 1. The summed E-state index contributed by atoms with van der Waals surface area (Å²) < 4.78 is 5.80. The summed E-state index contributed by atoms with van der Waals surface area (Å²) in [7, 11) is 0. The first-order valence-corrected chi connectivity index (χ1v) is 8.81. The molecule has 0 bridgehead atoms. The molecule has 1 aliphatic rings. The molecule has 0 radical (unpaired) electrons. The first-order chi connectivity index (χ1) is 11.6. The molecule has 0 amide bonds. The predicted molar refractivity (Wildman–Crippen MR) is 101 cm³/mol. The second-order valence-electron chi connectivity index (χ2n) is 6.93. The van der Waals surface area contributed by atoms with E-state index in [9.17, 15) is 0 Å². The van der Waals surface area contributed by atoms with E-state index in [0.717, 1.165) is 19.5 Å². The molecule has 3 rings (SSSR count). The van der Waals surface area contributed by atoms with E-state index >= 15 is 0 Å². The summed E-state index contributed by atoms with van der Waals surface area (Å²) in [6, 6.07) is 19.4. The zero-order valence-electron chi connectivity index (χ0n) is 14.9. The minimum Gasteiger partial charge on any atom is -0.372 e. The lowest BCUT2D eigenvalue weighted by molar-refractivity contribution is -0.0543. The highest BCUT2D eigenvalue weighted by molar-refractivity contribution is 5.63. The highest BCUT2D eigenvalue weighted by atomic mass is 16.5. The lowest BCUT2D eigenvalue weighted by Gasteiger charge is -2.35. The van der Waals surface area contributed by atoms with E-state index < -0.39 is 0 Å². The highest BCUT2D eigenvalue weighted by Crippen LogP contribution is 2.20. The van der Waals surface area contributed by atoms with E-state index in [4.69, 9.17) is 4.74 Å². The number of nitrogens with zero attached hydrogens (tertiary/aromatic N) is 1. The van der Waals surface area contributed by atoms with Crippen molar-refractivity contribution in [1.29, 1.82) is 0 Å². The van der Waals surface area contributed by atoms with E-state index in [-0.39, 0.29) is 0 Å². The van der Waals surface area contributed by atoms with Gasteiger partial charge < -0.3 is 9.64 Å². The van der Waals surface area contributed by atoms with Crippen LogP contribution in [0.25, 0.3) is 11.1 Å². The topological polar surface area (TPSA) is 12.5 Å². The Morgan fingerprint density at radius 2 is 1.54 bits per heavy atom. The predicted octanol–water partition coefficient (Wildman–Crippen LogP) is 4.91. The monoisotopic (exact) mass is 321 g/mol. The molecule has 1 aliphatic heterocycles. The SMILES string of the molecule is CC(=CN1CC(C)OC(C)C1)Cc1ccc(-c2ccccc2)cc1. The van der Waals surface area contributed by atoms with Crippen LogP contribution in [0.5, 0.6) is 0 Å². The van der Waals surface area contributed by atoms with Crippen molar-refractivity contribution in [2.45, 2.75) is 39.4 Å². The van der Waals surface area contributed by atoms with Gasteiger partial charge in [-0.15, -0.1) is 0 Å². The first kappa shape index (κ1) is 16.8. The molecule has 1 saturated heterocycles. The Morgan fingerprint density at radius 3 is 2.17 bits per heavy atom. The summed E-state index contributed by atoms with van der Waals surface area (Å²) in [6.07, 6.45) is 3.92. The largest absolute Gasteiger partial charge is 0.372 e. The molecular weight excluding hydrogens is 294 g/mol. The number of benzene rings is 2. The van der Waals surface area contributed by atoms with Crippen LogP contribution in [-0.4, -0.2) is 30.2 Å². The van der Waals surface area contributed by atoms with Crippen LogP contribution in [0.4, 0.5) is 0 Å². The first-order valence-electron chi connectivity index (χ1n) is 8.81. The van der Waals surface area contributed by atoms with Gasteiger partial charge in [-0.05, 0) is 50.1 Å². The molecule has 0 aromatic heterocycles. The Labute approximate surface area is 145 Å². The van der Waals surface area contributed by atoms with Crippen LogP contribution in [0.2, 0.25) is 0 Å². The molecule has 0 aliphatic carbocycles. The van der Waals surface area contributed by atoms with E-state index in [1.807, 2.05) is 0 Å². The van der Waals surface area contributed by atoms with Crippen LogP contribution in [0, 0.1) is 0 Å². The van der Waals surface area contributed by atoms with Crippen molar-refractivity contribution in [3.8, 4) is 11.1 Å². The van der Waals surface area contributed by atoms with Gasteiger partial charge in [-0.3, -0.25) is 0 Å². The minimum atomic E-state index is 0.308. The molecule has 2 aromatic carbocycles. The maximum absolute atomic E-state index is 5.80. The summed E-state index contributed by atoms with van der Waals surface area (Å²) in [5.41, 5.74) is 5.30. The van der Waals surface area contributed by atoms with Crippen LogP contribution < -0.4 is 0 Å². The molecule has 126 valence electrons. The third-order valence-corrected chi connectivity index (χ3v) is 4.39. The second kappa shape index (κ2) is 7.67. The summed E-state index contributed by atoms with van der Waals surface area (Å²) in [5, 5.41) is 0. The zero-order chi connectivity index (χ0) is 16.9. The average molecular weight is 321 g/mol. The van der Waals surface area contributed by atoms with Crippen molar-refractivity contribution in [1.82, 2.24) is 4.90 Å². The maximum Gasteiger partial charge on any atom is 0.0726 e. The Kier molecular flexibility index (Phi) is 5.37. The van der Waals surface area contributed by atoms with Crippen LogP contribution >= 0.6 is 0 Å². The smallest absolute Gasteiger partial charge is 0.0726 e. The van der Waals surface area contributed by atoms with Crippen molar-refractivity contribution in [2.75, 3.05) is 13.1 Å². The van der Waals surface area contributed by atoms with Gasteiger partial charge in [0.15, 0.2) is 0 Å². The fourth-order valence-corrected chi connectivity index (χ4v) is 3.45. The normalized spacial score (nSPS) is 21.8. The number of allylic oxidation sites excluding steroid dienone is 1. The van der Waals surface area contributed by atoms with Crippen molar-refractivity contribution < 1.29 is 4.74 Å². The van der Waals surface area contributed by atoms with Gasteiger partial charge in [0, 0.05) is 13.1 Å². The summed E-state index contributed by atoms with van der Waals surface area (Å²) in [4.78, 5) is 2.40. The van der Waals surface area contributed by atoms with E-state index in [1.165, 1.54) is 22.3 Å².